The number of nitrogens with zero attached hydrogens (tertiary/aromatic N) is 1. The zero-order chi connectivity index (χ0) is 12.8. The molecule has 0 spiro atoms. The number of rotatable bonds is 4. The van der Waals surface area contributed by atoms with Crippen molar-refractivity contribution in [1.29, 1.82) is 0 Å². The normalized spacial score (nSPS) is 12.2. The van der Waals surface area contributed by atoms with E-state index in [-0.39, 0.29) is 0 Å². The maximum absolute atomic E-state index is 5.86. The first-order chi connectivity index (χ1) is 8.00. The molecule has 3 N–H and O–H groups in total. The minimum atomic E-state index is 0.469. The Bertz CT molecular complexity index is 381. The molecular weight excluding hydrogens is 210 g/mol. The standard InChI is InChI=1S/C14H23N3/c1-10(2)9-16-14(15)17-13-8-6-5-7-12(13)11(3)4/h5-8,10-11H,9H2,1-4H3,(H3,15,16,17). The highest BCUT2D eigenvalue weighted by molar-refractivity contribution is 5.93. The molecule has 0 bridgehead atoms. The topological polar surface area (TPSA) is 50.4 Å². The van der Waals surface area contributed by atoms with E-state index in [0.717, 1.165) is 12.2 Å². The Hall–Kier alpha value is -1.51. The van der Waals surface area contributed by atoms with Crippen molar-refractivity contribution in [2.45, 2.75) is 33.6 Å². The number of nitrogens with two attached hydrogens (primary N) is 1. The Kier molecular flexibility index (Phi) is 5.01. The molecule has 94 valence electrons. The zero-order valence-corrected chi connectivity index (χ0v) is 11.2. The lowest BCUT2D eigenvalue weighted by Crippen LogP contribution is -2.24. The Morgan fingerprint density at radius 3 is 2.47 bits per heavy atom. The number of benzene rings is 1. The van der Waals surface area contributed by atoms with E-state index in [1.165, 1.54) is 5.56 Å². The predicted molar refractivity (Wildman–Crippen MR) is 75.5 cm³/mol. The fourth-order valence-corrected chi connectivity index (χ4v) is 1.57. The fourth-order valence-electron chi connectivity index (χ4n) is 1.57. The van der Waals surface area contributed by atoms with Gasteiger partial charge in [0.15, 0.2) is 5.96 Å². The molecule has 0 fully saturated rings. The molecule has 0 amide bonds. The number of para-hydroxylation sites is 1. The summed E-state index contributed by atoms with van der Waals surface area (Å²) in [5, 5.41) is 3.17. The monoisotopic (exact) mass is 233 g/mol. The Morgan fingerprint density at radius 1 is 1.24 bits per heavy atom. The molecule has 0 aliphatic carbocycles. The van der Waals surface area contributed by atoms with Gasteiger partial charge < -0.3 is 11.1 Å². The number of hydrogen-bond acceptors (Lipinski definition) is 1. The molecule has 3 heteroatoms. The fraction of sp³-hybridized carbons (Fsp3) is 0.500. The molecule has 0 aliphatic rings. The minimum absolute atomic E-state index is 0.469. The van der Waals surface area contributed by atoms with Crippen molar-refractivity contribution in [3.05, 3.63) is 29.8 Å². The summed E-state index contributed by atoms with van der Waals surface area (Å²) in [4.78, 5) is 4.30. The summed E-state index contributed by atoms with van der Waals surface area (Å²) < 4.78 is 0. The van der Waals surface area contributed by atoms with E-state index in [4.69, 9.17) is 5.73 Å². The van der Waals surface area contributed by atoms with E-state index in [0.29, 0.717) is 17.8 Å². The summed E-state index contributed by atoms with van der Waals surface area (Å²) in [5.41, 5.74) is 8.17. The summed E-state index contributed by atoms with van der Waals surface area (Å²) in [7, 11) is 0. The van der Waals surface area contributed by atoms with Crippen LogP contribution in [-0.4, -0.2) is 12.5 Å². The summed E-state index contributed by atoms with van der Waals surface area (Å²) >= 11 is 0. The van der Waals surface area contributed by atoms with Crippen LogP contribution in [0.15, 0.2) is 29.3 Å². The molecule has 0 radical (unpaired) electrons. The SMILES string of the molecule is CC(C)CN=C(N)Nc1ccccc1C(C)C. The van der Waals surface area contributed by atoms with Crippen LogP contribution in [0.4, 0.5) is 5.69 Å². The van der Waals surface area contributed by atoms with Gasteiger partial charge in [-0.05, 0) is 23.5 Å². The van der Waals surface area contributed by atoms with Gasteiger partial charge in [-0.2, -0.15) is 0 Å². The first kappa shape index (κ1) is 13.6. The molecule has 1 aromatic carbocycles. The summed E-state index contributed by atoms with van der Waals surface area (Å²) in [6.07, 6.45) is 0. The van der Waals surface area contributed by atoms with Crippen LogP contribution < -0.4 is 11.1 Å². The summed E-state index contributed by atoms with van der Waals surface area (Å²) in [6.45, 7) is 9.34. The van der Waals surface area contributed by atoms with Crippen LogP contribution in [-0.2, 0) is 0 Å². The Balaban J connectivity index is 2.77. The van der Waals surface area contributed by atoms with Crippen molar-refractivity contribution >= 4 is 11.6 Å². The van der Waals surface area contributed by atoms with Crippen LogP contribution in [0, 0.1) is 5.92 Å². The maximum Gasteiger partial charge on any atom is 0.193 e. The second-order valence-electron chi connectivity index (χ2n) is 4.99. The first-order valence-corrected chi connectivity index (χ1v) is 6.16. The van der Waals surface area contributed by atoms with Crippen LogP contribution in [0.25, 0.3) is 0 Å². The average Bonchev–Trinajstić information content (AvgIpc) is 2.27. The molecule has 0 saturated heterocycles. The highest BCUT2D eigenvalue weighted by Crippen LogP contribution is 2.23. The van der Waals surface area contributed by atoms with Gasteiger partial charge in [0.25, 0.3) is 0 Å². The van der Waals surface area contributed by atoms with Gasteiger partial charge in [0, 0.05) is 12.2 Å². The van der Waals surface area contributed by atoms with E-state index < -0.39 is 0 Å². The van der Waals surface area contributed by atoms with Crippen LogP contribution >= 0.6 is 0 Å². The molecule has 0 heterocycles. The lowest BCUT2D eigenvalue weighted by Gasteiger charge is -2.14. The summed E-state index contributed by atoms with van der Waals surface area (Å²) in [6, 6.07) is 8.20. The number of anilines is 1. The lowest BCUT2D eigenvalue weighted by molar-refractivity contribution is 0.665. The van der Waals surface area contributed by atoms with Crippen molar-refractivity contribution in [2.75, 3.05) is 11.9 Å². The van der Waals surface area contributed by atoms with Crippen molar-refractivity contribution in [3.8, 4) is 0 Å². The van der Waals surface area contributed by atoms with Gasteiger partial charge in [0.1, 0.15) is 0 Å². The van der Waals surface area contributed by atoms with Gasteiger partial charge in [-0.25, -0.2) is 0 Å². The molecule has 3 nitrogen and oxygen atoms in total. The molecular formula is C14H23N3. The third-order valence-electron chi connectivity index (χ3n) is 2.47. The molecule has 0 aliphatic heterocycles. The van der Waals surface area contributed by atoms with E-state index in [1.54, 1.807) is 0 Å². The van der Waals surface area contributed by atoms with Crippen LogP contribution in [0.3, 0.4) is 0 Å². The van der Waals surface area contributed by atoms with Gasteiger partial charge in [-0.3, -0.25) is 4.99 Å². The van der Waals surface area contributed by atoms with Gasteiger partial charge in [0.05, 0.1) is 0 Å². The quantitative estimate of drug-likeness (QED) is 0.620. The molecule has 0 unspecified atom stereocenters. The highest BCUT2D eigenvalue weighted by atomic mass is 15.1. The first-order valence-electron chi connectivity index (χ1n) is 6.16. The molecule has 0 atom stereocenters. The molecule has 0 aromatic heterocycles. The smallest absolute Gasteiger partial charge is 0.193 e. The number of hydrogen-bond donors (Lipinski definition) is 2. The number of nitrogens with one attached hydrogen (secondary N) is 1. The van der Waals surface area contributed by atoms with E-state index in [2.05, 4.69) is 44.1 Å². The van der Waals surface area contributed by atoms with E-state index in [1.807, 2.05) is 18.2 Å². The largest absolute Gasteiger partial charge is 0.370 e. The van der Waals surface area contributed by atoms with E-state index in [9.17, 15) is 0 Å². The van der Waals surface area contributed by atoms with E-state index >= 15 is 0 Å². The third-order valence-corrected chi connectivity index (χ3v) is 2.47. The van der Waals surface area contributed by atoms with Crippen molar-refractivity contribution < 1.29 is 0 Å². The highest BCUT2D eigenvalue weighted by Gasteiger charge is 2.06. The molecule has 1 rings (SSSR count). The van der Waals surface area contributed by atoms with Gasteiger partial charge in [0.2, 0.25) is 0 Å². The van der Waals surface area contributed by atoms with Crippen LogP contribution in [0.1, 0.15) is 39.2 Å². The zero-order valence-electron chi connectivity index (χ0n) is 11.2. The molecule has 17 heavy (non-hydrogen) atoms. The van der Waals surface area contributed by atoms with Crippen molar-refractivity contribution in [3.63, 3.8) is 0 Å². The second kappa shape index (κ2) is 6.28. The molecule has 1 aromatic rings. The van der Waals surface area contributed by atoms with Crippen LogP contribution in [0.2, 0.25) is 0 Å². The van der Waals surface area contributed by atoms with Gasteiger partial charge >= 0.3 is 0 Å². The predicted octanol–water partition coefficient (Wildman–Crippen LogP) is 3.19. The number of aliphatic imine (C=N–C) groups is 1. The number of guanidine groups is 1. The van der Waals surface area contributed by atoms with Crippen molar-refractivity contribution in [2.24, 2.45) is 16.6 Å². The molecule has 0 saturated carbocycles. The van der Waals surface area contributed by atoms with Crippen LogP contribution in [0.5, 0.6) is 0 Å². The third kappa shape index (κ3) is 4.47. The van der Waals surface area contributed by atoms with Gasteiger partial charge in [-0.1, -0.05) is 45.9 Å². The second-order valence-corrected chi connectivity index (χ2v) is 4.99. The van der Waals surface area contributed by atoms with Crippen molar-refractivity contribution in [1.82, 2.24) is 0 Å². The minimum Gasteiger partial charge on any atom is -0.370 e. The maximum atomic E-state index is 5.86. The average molecular weight is 233 g/mol. The Labute approximate surface area is 104 Å². The lowest BCUT2D eigenvalue weighted by atomic mass is 10.0. The summed E-state index contributed by atoms with van der Waals surface area (Å²) in [5.74, 6) is 1.49. The Morgan fingerprint density at radius 2 is 1.88 bits per heavy atom. The van der Waals surface area contributed by atoms with Gasteiger partial charge in [-0.15, -0.1) is 0 Å².